The Bertz CT molecular complexity index is 353. The molecular formula is C11H18N2O2. The average Bonchev–Trinajstić information content (AvgIpc) is 2.50. The van der Waals surface area contributed by atoms with Gasteiger partial charge >= 0.3 is 0 Å². The first kappa shape index (κ1) is 11.8. The monoisotopic (exact) mass is 210 g/mol. The van der Waals surface area contributed by atoms with Crippen LogP contribution in [0.15, 0.2) is 18.3 Å². The lowest BCUT2D eigenvalue weighted by atomic mass is 9.98. The maximum absolute atomic E-state index is 11.8. The molecule has 1 heterocycles. The number of aliphatic hydroxyl groups excluding tert-OH is 1. The molecule has 0 aromatic carbocycles. The standard InChI is InChI=1S/C11H18N2O2/c1-8(14)11(2,3)12-10(15)9-6-5-7-13(9)4/h5-8,14H,1-4H3,(H,12,15)/t8-/m0/s1. The van der Waals surface area contributed by atoms with Crippen molar-refractivity contribution >= 4 is 5.91 Å². The molecule has 0 unspecified atom stereocenters. The number of amides is 1. The van der Waals surface area contributed by atoms with Crippen molar-refractivity contribution in [1.82, 2.24) is 9.88 Å². The predicted molar refractivity (Wildman–Crippen MR) is 58.6 cm³/mol. The molecule has 0 aliphatic rings. The van der Waals surface area contributed by atoms with E-state index in [1.54, 1.807) is 31.4 Å². The molecule has 0 aliphatic carbocycles. The van der Waals surface area contributed by atoms with Gasteiger partial charge in [0.05, 0.1) is 11.6 Å². The van der Waals surface area contributed by atoms with Gasteiger partial charge in [0.25, 0.3) is 5.91 Å². The summed E-state index contributed by atoms with van der Waals surface area (Å²) in [7, 11) is 1.81. The Kier molecular flexibility index (Phi) is 3.19. The summed E-state index contributed by atoms with van der Waals surface area (Å²) >= 11 is 0. The lowest BCUT2D eigenvalue weighted by Gasteiger charge is -2.29. The van der Waals surface area contributed by atoms with E-state index in [0.29, 0.717) is 5.69 Å². The number of aryl methyl sites for hydroxylation is 1. The highest BCUT2D eigenvalue weighted by Crippen LogP contribution is 2.10. The molecule has 1 rings (SSSR count). The summed E-state index contributed by atoms with van der Waals surface area (Å²) in [5.41, 5.74) is -0.0369. The zero-order chi connectivity index (χ0) is 11.6. The van der Waals surface area contributed by atoms with Gasteiger partial charge in [0.1, 0.15) is 5.69 Å². The topological polar surface area (TPSA) is 54.3 Å². The van der Waals surface area contributed by atoms with Crippen LogP contribution in [0.4, 0.5) is 0 Å². The number of rotatable bonds is 3. The zero-order valence-electron chi connectivity index (χ0n) is 9.61. The second kappa shape index (κ2) is 4.06. The third-order valence-corrected chi connectivity index (χ3v) is 2.66. The molecule has 15 heavy (non-hydrogen) atoms. The molecule has 0 bridgehead atoms. The molecule has 4 nitrogen and oxygen atoms in total. The fourth-order valence-electron chi connectivity index (χ4n) is 1.16. The number of hydrogen-bond donors (Lipinski definition) is 2. The van der Waals surface area contributed by atoms with Crippen molar-refractivity contribution in [1.29, 1.82) is 0 Å². The van der Waals surface area contributed by atoms with E-state index in [9.17, 15) is 9.90 Å². The van der Waals surface area contributed by atoms with Crippen molar-refractivity contribution in [3.63, 3.8) is 0 Å². The van der Waals surface area contributed by atoms with Crippen LogP contribution in [0.2, 0.25) is 0 Å². The summed E-state index contributed by atoms with van der Waals surface area (Å²) in [6.45, 7) is 5.24. The summed E-state index contributed by atoms with van der Waals surface area (Å²) in [5, 5.41) is 12.3. The minimum Gasteiger partial charge on any atom is -0.391 e. The van der Waals surface area contributed by atoms with Gasteiger partial charge in [-0.2, -0.15) is 0 Å². The smallest absolute Gasteiger partial charge is 0.268 e. The van der Waals surface area contributed by atoms with Crippen LogP contribution in [-0.2, 0) is 7.05 Å². The normalized spacial score (nSPS) is 13.7. The van der Waals surface area contributed by atoms with E-state index in [1.807, 2.05) is 19.3 Å². The van der Waals surface area contributed by atoms with Crippen LogP contribution in [0.25, 0.3) is 0 Å². The van der Waals surface area contributed by atoms with Gasteiger partial charge in [0, 0.05) is 13.2 Å². The Labute approximate surface area is 89.9 Å². The van der Waals surface area contributed by atoms with Crippen LogP contribution in [0, 0.1) is 0 Å². The molecule has 0 radical (unpaired) electrons. The highest BCUT2D eigenvalue weighted by Gasteiger charge is 2.27. The number of nitrogens with one attached hydrogen (secondary N) is 1. The van der Waals surface area contributed by atoms with Crippen LogP contribution < -0.4 is 5.32 Å². The van der Waals surface area contributed by atoms with Gasteiger partial charge in [-0.3, -0.25) is 4.79 Å². The van der Waals surface area contributed by atoms with E-state index in [0.717, 1.165) is 0 Å². The molecular weight excluding hydrogens is 192 g/mol. The molecule has 1 aromatic heterocycles. The molecule has 1 atom stereocenters. The summed E-state index contributed by atoms with van der Waals surface area (Å²) in [6, 6.07) is 3.55. The number of aromatic nitrogens is 1. The first-order valence-electron chi connectivity index (χ1n) is 4.96. The van der Waals surface area contributed by atoms with Crippen molar-refractivity contribution in [3.05, 3.63) is 24.0 Å². The molecule has 84 valence electrons. The third-order valence-electron chi connectivity index (χ3n) is 2.66. The van der Waals surface area contributed by atoms with Crippen molar-refractivity contribution in [3.8, 4) is 0 Å². The highest BCUT2D eigenvalue weighted by atomic mass is 16.3. The number of nitrogens with zero attached hydrogens (tertiary/aromatic N) is 1. The fraction of sp³-hybridized carbons (Fsp3) is 0.545. The Hall–Kier alpha value is -1.29. The zero-order valence-corrected chi connectivity index (χ0v) is 9.61. The van der Waals surface area contributed by atoms with E-state index in [4.69, 9.17) is 0 Å². The maximum Gasteiger partial charge on any atom is 0.268 e. The molecule has 4 heteroatoms. The Morgan fingerprint density at radius 2 is 2.20 bits per heavy atom. The van der Waals surface area contributed by atoms with Crippen molar-refractivity contribution in [2.24, 2.45) is 7.05 Å². The fourth-order valence-corrected chi connectivity index (χ4v) is 1.16. The Morgan fingerprint density at radius 1 is 1.60 bits per heavy atom. The quantitative estimate of drug-likeness (QED) is 0.779. The van der Waals surface area contributed by atoms with E-state index in [1.165, 1.54) is 0 Å². The predicted octanol–water partition coefficient (Wildman–Crippen LogP) is 0.914. The van der Waals surface area contributed by atoms with Crippen molar-refractivity contribution < 1.29 is 9.90 Å². The van der Waals surface area contributed by atoms with Crippen LogP contribution in [0.5, 0.6) is 0 Å². The lowest BCUT2D eigenvalue weighted by molar-refractivity contribution is 0.0703. The first-order chi connectivity index (χ1) is 6.84. The summed E-state index contributed by atoms with van der Waals surface area (Å²) in [5.74, 6) is -0.173. The Balaban J connectivity index is 2.77. The molecule has 0 aliphatic heterocycles. The van der Waals surface area contributed by atoms with Crippen molar-refractivity contribution in [2.45, 2.75) is 32.4 Å². The van der Waals surface area contributed by atoms with E-state index in [-0.39, 0.29) is 5.91 Å². The van der Waals surface area contributed by atoms with Gasteiger partial charge in [-0.05, 0) is 32.9 Å². The van der Waals surface area contributed by atoms with Gasteiger partial charge < -0.3 is 15.0 Å². The average molecular weight is 210 g/mol. The van der Waals surface area contributed by atoms with Crippen LogP contribution in [0.3, 0.4) is 0 Å². The van der Waals surface area contributed by atoms with E-state index < -0.39 is 11.6 Å². The van der Waals surface area contributed by atoms with E-state index in [2.05, 4.69) is 5.32 Å². The maximum atomic E-state index is 11.8. The molecule has 0 spiro atoms. The van der Waals surface area contributed by atoms with Gasteiger partial charge in [0.15, 0.2) is 0 Å². The molecule has 1 amide bonds. The van der Waals surface area contributed by atoms with Crippen LogP contribution >= 0.6 is 0 Å². The third kappa shape index (κ3) is 2.59. The summed E-state index contributed by atoms with van der Waals surface area (Å²) in [6.07, 6.45) is 1.21. The minimum absolute atomic E-state index is 0.173. The Morgan fingerprint density at radius 3 is 2.60 bits per heavy atom. The second-order valence-corrected chi connectivity index (χ2v) is 4.36. The number of aliphatic hydroxyl groups is 1. The molecule has 0 saturated heterocycles. The van der Waals surface area contributed by atoms with E-state index >= 15 is 0 Å². The second-order valence-electron chi connectivity index (χ2n) is 4.36. The van der Waals surface area contributed by atoms with Crippen molar-refractivity contribution in [2.75, 3.05) is 0 Å². The highest BCUT2D eigenvalue weighted by molar-refractivity contribution is 5.93. The minimum atomic E-state index is -0.624. The largest absolute Gasteiger partial charge is 0.391 e. The molecule has 0 fully saturated rings. The van der Waals surface area contributed by atoms with Gasteiger partial charge in [-0.15, -0.1) is 0 Å². The van der Waals surface area contributed by atoms with Gasteiger partial charge in [-0.1, -0.05) is 0 Å². The number of hydrogen-bond acceptors (Lipinski definition) is 2. The number of carbonyl (C=O) groups excluding carboxylic acids is 1. The van der Waals surface area contributed by atoms with Crippen LogP contribution in [0.1, 0.15) is 31.3 Å². The molecule has 2 N–H and O–H groups in total. The van der Waals surface area contributed by atoms with Gasteiger partial charge in [0.2, 0.25) is 0 Å². The van der Waals surface area contributed by atoms with Gasteiger partial charge in [-0.25, -0.2) is 0 Å². The number of carbonyl (C=O) groups is 1. The van der Waals surface area contributed by atoms with Crippen LogP contribution in [-0.4, -0.2) is 27.2 Å². The molecule has 0 saturated carbocycles. The SMILES string of the molecule is C[C@H](O)C(C)(C)NC(=O)c1cccn1C. The lowest BCUT2D eigenvalue weighted by Crippen LogP contribution is -2.51. The molecule has 1 aromatic rings. The summed E-state index contributed by atoms with van der Waals surface area (Å²) < 4.78 is 1.74. The first-order valence-corrected chi connectivity index (χ1v) is 4.96. The summed E-state index contributed by atoms with van der Waals surface area (Å²) in [4.78, 5) is 11.8.